The molecule has 0 aromatic carbocycles. The van der Waals surface area contributed by atoms with Crippen LogP contribution in [0.1, 0.15) is 9.75 Å². The highest BCUT2D eigenvalue weighted by atomic mass is 32.1. The highest BCUT2D eigenvalue weighted by molar-refractivity contribution is 7.12. The van der Waals surface area contributed by atoms with Crippen molar-refractivity contribution in [2.75, 3.05) is 0 Å². The molecular formula is C10H7NO2S2. The van der Waals surface area contributed by atoms with Crippen LogP contribution in [0.5, 0.6) is 0 Å². The van der Waals surface area contributed by atoms with Gasteiger partial charge < -0.3 is 0 Å². The van der Waals surface area contributed by atoms with Crippen molar-refractivity contribution in [2.45, 2.75) is 0 Å². The van der Waals surface area contributed by atoms with Gasteiger partial charge in [0.05, 0.1) is 4.92 Å². The topological polar surface area (TPSA) is 43.1 Å². The average Bonchev–Trinajstić information content (AvgIpc) is 2.86. The van der Waals surface area contributed by atoms with Gasteiger partial charge in [0.2, 0.25) is 0 Å². The van der Waals surface area contributed by atoms with Gasteiger partial charge in [0, 0.05) is 10.9 Å². The van der Waals surface area contributed by atoms with Crippen molar-refractivity contribution in [2.24, 2.45) is 0 Å². The number of nitro groups is 1. The van der Waals surface area contributed by atoms with Crippen LogP contribution < -0.4 is 0 Å². The van der Waals surface area contributed by atoms with Crippen LogP contribution in [0.15, 0.2) is 29.0 Å². The van der Waals surface area contributed by atoms with Crippen LogP contribution in [0.4, 0.5) is 5.69 Å². The fourth-order valence-corrected chi connectivity index (χ4v) is 2.51. The standard InChI is InChI=1S/C10H7NO2S2/c12-11(13)9-5-7-15-10(9)4-3-8-2-1-6-14-8/h1-7H/b4-3+. The molecule has 0 bridgehead atoms. The Balaban J connectivity index is 2.24. The Kier molecular flexibility index (Phi) is 2.94. The van der Waals surface area contributed by atoms with E-state index >= 15 is 0 Å². The smallest absolute Gasteiger partial charge is 0.258 e. The summed E-state index contributed by atoms with van der Waals surface area (Å²) in [5.74, 6) is 0. The molecule has 0 amide bonds. The van der Waals surface area contributed by atoms with Gasteiger partial charge in [-0.15, -0.1) is 22.7 Å². The van der Waals surface area contributed by atoms with Crippen LogP contribution >= 0.6 is 22.7 Å². The molecule has 0 fully saturated rings. The van der Waals surface area contributed by atoms with Crippen LogP contribution in [0.2, 0.25) is 0 Å². The largest absolute Gasteiger partial charge is 0.287 e. The van der Waals surface area contributed by atoms with Crippen LogP contribution in [0, 0.1) is 10.1 Å². The van der Waals surface area contributed by atoms with E-state index in [1.54, 1.807) is 22.8 Å². The van der Waals surface area contributed by atoms with Gasteiger partial charge in [-0.05, 0) is 29.0 Å². The molecule has 76 valence electrons. The minimum atomic E-state index is -0.357. The Bertz CT molecular complexity index is 485. The van der Waals surface area contributed by atoms with Gasteiger partial charge in [-0.25, -0.2) is 0 Å². The Labute approximate surface area is 94.5 Å². The summed E-state index contributed by atoms with van der Waals surface area (Å²) < 4.78 is 0. The summed E-state index contributed by atoms with van der Waals surface area (Å²) in [6.07, 6.45) is 3.68. The van der Waals surface area contributed by atoms with Crippen molar-refractivity contribution >= 4 is 40.5 Å². The second-order valence-corrected chi connectivity index (χ2v) is 4.70. The van der Waals surface area contributed by atoms with E-state index in [0.717, 1.165) is 4.88 Å². The summed E-state index contributed by atoms with van der Waals surface area (Å²) in [6, 6.07) is 5.45. The molecule has 3 nitrogen and oxygen atoms in total. The average molecular weight is 237 g/mol. The van der Waals surface area contributed by atoms with E-state index in [1.807, 2.05) is 23.6 Å². The normalized spacial score (nSPS) is 10.9. The highest BCUT2D eigenvalue weighted by Gasteiger charge is 2.11. The predicted octanol–water partition coefficient (Wildman–Crippen LogP) is 3.89. The van der Waals surface area contributed by atoms with E-state index in [2.05, 4.69) is 0 Å². The minimum Gasteiger partial charge on any atom is -0.258 e. The summed E-state index contributed by atoms with van der Waals surface area (Å²) in [7, 11) is 0. The zero-order valence-corrected chi connectivity index (χ0v) is 9.25. The Morgan fingerprint density at radius 2 is 2.07 bits per heavy atom. The van der Waals surface area contributed by atoms with Crippen LogP contribution in [-0.2, 0) is 0 Å². The third-order valence-corrected chi connectivity index (χ3v) is 3.52. The molecule has 2 heterocycles. The van der Waals surface area contributed by atoms with Crippen molar-refractivity contribution in [3.63, 3.8) is 0 Å². The van der Waals surface area contributed by atoms with Gasteiger partial charge >= 0.3 is 0 Å². The van der Waals surface area contributed by atoms with Gasteiger partial charge in [0.1, 0.15) is 4.88 Å². The first-order valence-corrected chi connectivity index (χ1v) is 5.97. The second kappa shape index (κ2) is 4.37. The lowest BCUT2D eigenvalue weighted by Gasteiger charge is -1.88. The van der Waals surface area contributed by atoms with Crippen molar-refractivity contribution in [1.82, 2.24) is 0 Å². The molecule has 2 aromatic rings. The molecule has 0 saturated carbocycles. The number of thiophene rings is 2. The number of hydrogen-bond donors (Lipinski definition) is 0. The molecule has 0 unspecified atom stereocenters. The first-order chi connectivity index (χ1) is 7.27. The van der Waals surface area contributed by atoms with Gasteiger partial charge in [-0.3, -0.25) is 10.1 Å². The molecule has 0 radical (unpaired) electrons. The molecule has 15 heavy (non-hydrogen) atoms. The molecule has 0 saturated heterocycles. The van der Waals surface area contributed by atoms with E-state index < -0.39 is 0 Å². The third-order valence-electron chi connectivity index (χ3n) is 1.81. The molecule has 0 aliphatic rings. The molecule has 0 atom stereocenters. The number of rotatable bonds is 3. The molecule has 0 aliphatic carbocycles. The van der Waals surface area contributed by atoms with Crippen LogP contribution in [0.3, 0.4) is 0 Å². The summed E-state index contributed by atoms with van der Waals surface area (Å²) in [5.41, 5.74) is 0.174. The van der Waals surface area contributed by atoms with Gasteiger partial charge in [-0.2, -0.15) is 0 Å². The summed E-state index contributed by atoms with van der Waals surface area (Å²) in [5, 5.41) is 14.3. The second-order valence-electron chi connectivity index (χ2n) is 2.78. The highest BCUT2D eigenvalue weighted by Crippen LogP contribution is 2.26. The van der Waals surface area contributed by atoms with E-state index in [-0.39, 0.29) is 10.6 Å². The van der Waals surface area contributed by atoms with Crippen molar-refractivity contribution in [3.8, 4) is 0 Å². The van der Waals surface area contributed by atoms with Crippen LogP contribution in [0.25, 0.3) is 12.2 Å². The lowest BCUT2D eigenvalue weighted by Crippen LogP contribution is -1.85. The summed E-state index contributed by atoms with van der Waals surface area (Å²) in [4.78, 5) is 12.1. The first kappa shape index (κ1) is 10.1. The first-order valence-electron chi connectivity index (χ1n) is 4.21. The monoisotopic (exact) mass is 237 g/mol. The van der Waals surface area contributed by atoms with E-state index in [1.165, 1.54) is 17.4 Å². The van der Waals surface area contributed by atoms with Gasteiger partial charge in [0.15, 0.2) is 0 Å². The van der Waals surface area contributed by atoms with E-state index in [9.17, 15) is 10.1 Å². The maximum absolute atomic E-state index is 10.6. The summed E-state index contributed by atoms with van der Waals surface area (Å²) in [6.45, 7) is 0. The molecule has 5 heteroatoms. The van der Waals surface area contributed by atoms with E-state index in [4.69, 9.17) is 0 Å². The van der Waals surface area contributed by atoms with Crippen molar-refractivity contribution < 1.29 is 4.92 Å². The van der Waals surface area contributed by atoms with Crippen LogP contribution in [-0.4, -0.2) is 4.92 Å². The SMILES string of the molecule is O=[N+]([O-])c1ccsc1/C=C/c1cccs1. The zero-order chi connectivity index (χ0) is 10.7. The zero-order valence-electron chi connectivity index (χ0n) is 7.62. The molecule has 0 N–H and O–H groups in total. The molecule has 2 aromatic heterocycles. The molecule has 0 aliphatic heterocycles. The van der Waals surface area contributed by atoms with Crippen molar-refractivity contribution in [1.29, 1.82) is 0 Å². The van der Waals surface area contributed by atoms with Crippen molar-refractivity contribution in [3.05, 3.63) is 48.8 Å². The molecule has 2 rings (SSSR count). The lowest BCUT2D eigenvalue weighted by molar-refractivity contribution is -0.384. The lowest BCUT2D eigenvalue weighted by atomic mass is 10.3. The van der Waals surface area contributed by atoms with Gasteiger partial charge in [-0.1, -0.05) is 6.07 Å². The maximum atomic E-state index is 10.6. The molecular weight excluding hydrogens is 230 g/mol. The Hall–Kier alpha value is -1.46. The van der Waals surface area contributed by atoms with Gasteiger partial charge in [0.25, 0.3) is 5.69 Å². The van der Waals surface area contributed by atoms with E-state index in [0.29, 0.717) is 4.88 Å². The Morgan fingerprint density at radius 1 is 1.20 bits per heavy atom. The molecule has 0 spiro atoms. The quantitative estimate of drug-likeness (QED) is 0.600. The fraction of sp³-hybridized carbons (Fsp3) is 0. The fourth-order valence-electron chi connectivity index (χ4n) is 1.13. The third kappa shape index (κ3) is 2.31. The number of nitrogens with zero attached hydrogens (tertiary/aromatic N) is 1. The number of hydrogen-bond acceptors (Lipinski definition) is 4. The summed E-state index contributed by atoms with van der Waals surface area (Å²) >= 11 is 2.98. The minimum absolute atomic E-state index is 0.174. The predicted molar refractivity (Wildman–Crippen MR) is 64.2 cm³/mol. The maximum Gasteiger partial charge on any atom is 0.287 e. The Morgan fingerprint density at radius 3 is 2.73 bits per heavy atom.